The van der Waals surface area contributed by atoms with Crippen LogP contribution in [0.5, 0.6) is 5.75 Å². The minimum atomic E-state index is 0.168. The van der Waals surface area contributed by atoms with E-state index in [4.69, 9.17) is 4.18 Å². The summed E-state index contributed by atoms with van der Waals surface area (Å²) in [4.78, 5) is 0. The normalized spacial score (nSPS) is 13.8. The van der Waals surface area contributed by atoms with Crippen LogP contribution in [-0.2, 0) is 5.41 Å². The summed E-state index contributed by atoms with van der Waals surface area (Å²) in [5.74, 6) is 2.07. The molecule has 0 radical (unpaired) electrons. The van der Waals surface area contributed by atoms with Crippen LogP contribution in [-0.4, -0.2) is 0 Å². The van der Waals surface area contributed by atoms with E-state index in [0.29, 0.717) is 11.8 Å². The Morgan fingerprint density at radius 2 is 1.78 bits per heavy atom. The highest BCUT2D eigenvalue weighted by molar-refractivity contribution is 7.75. The molecule has 0 aliphatic heterocycles. The van der Waals surface area contributed by atoms with Crippen LogP contribution in [0.1, 0.15) is 65.0 Å². The van der Waals surface area contributed by atoms with Crippen molar-refractivity contribution < 1.29 is 4.18 Å². The second-order valence-corrected chi connectivity index (χ2v) is 6.81. The van der Waals surface area contributed by atoms with E-state index < -0.39 is 0 Å². The standard InChI is InChI=1S/C16H26OS/c1-11(2)9-12(3)14-10-13(16(4,5)6)7-8-15(14)17-18/h7-8,10-12,18H,9H2,1-6H3. The Kier molecular flexibility index (Phi) is 5.15. The van der Waals surface area contributed by atoms with Crippen LogP contribution < -0.4 is 4.18 Å². The van der Waals surface area contributed by atoms with Crippen LogP contribution in [0.25, 0.3) is 0 Å². The van der Waals surface area contributed by atoms with E-state index in [9.17, 15) is 0 Å². The summed E-state index contributed by atoms with van der Waals surface area (Å²) in [6, 6.07) is 6.45. The van der Waals surface area contributed by atoms with Gasteiger partial charge in [-0.2, -0.15) is 0 Å². The quantitative estimate of drug-likeness (QED) is 0.570. The number of hydrogen-bond donors (Lipinski definition) is 1. The van der Waals surface area contributed by atoms with Crippen molar-refractivity contribution in [1.29, 1.82) is 0 Å². The van der Waals surface area contributed by atoms with Crippen molar-refractivity contribution in [2.24, 2.45) is 5.92 Å². The van der Waals surface area contributed by atoms with Crippen molar-refractivity contribution in [3.05, 3.63) is 29.3 Å². The Morgan fingerprint density at radius 1 is 1.17 bits per heavy atom. The molecule has 1 rings (SSSR count). The molecule has 1 nitrogen and oxygen atoms in total. The highest BCUT2D eigenvalue weighted by Gasteiger charge is 2.19. The van der Waals surface area contributed by atoms with Crippen LogP contribution in [0.2, 0.25) is 0 Å². The molecular formula is C16H26OS. The molecule has 0 heterocycles. The maximum absolute atomic E-state index is 5.21. The Bertz CT molecular complexity index is 391. The summed E-state index contributed by atoms with van der Waals surface area (Å²) in [5.41, 5.74) is 2.79. The fourth-order valence-corrected chi connectivity index (χ4v) is 2.48. The summed E-state index contributed by atoms with van der Waals surface area (Å²) in [6.07, 6.45) is 1.16. The van der Waals surface area contributed by atoms with Crippen molar-refractivity contribution in [1.82, 2.24) is 0 Å². The first kappa shape index (κ1) is 15.4. The molecule has 18 heavy (non-hydrogen) atoms. The average Bonchev–Trinajstić information content (AvgIpc) is 2.26. The van der Waals surface area contributed by atoms with E-state index in [1.54, 1.807) is 0 Å². The SMILES string of the molecule is CC(C)CC(C)c1cc(C(C)(C)C)ccc1OS. The molecule has 0 bridgehead atoms. The van der Waals surface area contributed by atoms with Gasteiger partial charge in [-0.05, 0) is 40.9 Å². The molecule has 0 saturated heterocycles. The van der Waals surface area contributed by atoms with E-state index in [-0.39, 0.29) is 5.41 Å². The van der Waals surface area contributed by atoms with Crippen LogP contribution in [0, 0.1) is 5.92 Å². The van der Waals surface area contributed by atoms with E-state index >= 15 is 0 Å². The van der Waals surface area contributed by atoms with Gasteiger partial charge in [0.1, 0.15) is 5.75 Å². The molecular weight excluding hydrogens is 240 g/mol. The lowest BCUT2D eigenvalue weighted by Crippen LogP contribution is -2.12. The van der Waals surface area contributed by atoms with Gasteiger partial charge in [-0.1, -0.05) is 53.7 Å². The molecule has 1 aromatic carbocycles. The molecule has 0 spiro atoms. The molecule has 1 unspecified atom stereocenters. The summed E-state index contributed by atoms with van der Waals surface area (Å²) in [5, 5.41) is 0. The van der Waals surface area contributed by atoms with Crippen LogP contribution in [0.4, 0.5) is 0 Å². The molecule has 0 aliphatic rings. The van der Waals surface area contributed by atoms with Crippen LogP contribution >= 0.6 is 12.9 Å². The summed E-state index contributed by atoms with van der Waals surface area (Å²) >= 11 is 3.97. The molecule has 102 valence electrons. The lowest BCUT2D eigenvalue weighted by Gasteiger charge is -2.23. The van der Waals surface area contributed by atoms with Crippen molar-refractivity contribution >= 4 is 12.9 Å². The smallest absolute Gasteiger partial charge is 0.140 e. The zero-order valence-electron chi connectivity index (χ0n) is 12.4. The highest BCUT2D eigenvalue weighted by atomic mass is 32.1. The zero-order chi connectivity index (χ0) is 13.9. The Hall–Kier alpha value is -0.630. The minimum Gasteiger partial charge on any atom is -0.429 e. The van der Waals surface area contributed by atoms with Gasteiger partial charge in [-0.15, -0.1) is 0 Å². The number of rotatable bonds is 4. The highest BCUT2D eigenvalue weighted by Crippen LogP contribution is 2.35. The number of benzene rings is 1. The Balaban J connectivity index is 3.14. The fraction of sp³-hybridized carbons (Fsp3) is 0.625. The monoisotopic (exact) mass is 266 g/mol. The predicted molar refractivity (Wildman–Crippen MR) is 82.6 cm³/mol. The summed E-state index contributed by atoms with van der Waals surface area (Å²) in [6.45, 7) is 13.5. The van der Waals surface area contributed by atoms with Gasteiger partial charge in [0.25, 0.3) is 0 Å². The van der Waals surface area contributed by atoms with Crippen molar-refractivity contribution in [2.45, 2.75) is 59.3 Å². The van der Waals surface area contributed by atoms with Gasteiger partial charge in [-0.3, -0.25) is 0 Å². The van der Waals surface area contributed by atoms with E-state index in [1.165, 1.54) is 11.1 Å². The second-order valence-electron chi connectivity index (χ2n) is 6.62. The Morgan fingerprint density at radius 3 is 2.22 bits per heavy atom. The van der Waals surface area contributed by atoms with Gasteiger partial charge >= 0.3 is 0 Å². The first-order valence-electron chi connectivity index (χ1n) is 6.71. The topological polar surface area (TPSA) is 9.23 Å². The average molecular weight is 266 g/mol. The largest absolute Gasteiger partial charge is 0.429 e. The molecule has 1 atom stereocenters. The third-order valence-corrected chi connectivity index (χ3v) is 3.53. The maximum atomic E-state index is 5.21. The van der Waals surface area contributed by atoms with Gasteiger partial charge in [0, 0.05) is 12.9 Å². The predicted octanol–water partition coefficient (Wildman–Crippen LogP) is 5.36. The molecule has 1 aromatic rings. The lowest BCUT2D eigenvalue weighted by atomic mass is 9.83. The first-order valence-corrected chi connectivity index (χ1v) is 7.08. The molecule has 0 fully saturated rings. The molecule has 0 N–H and O–H groups in total. The Labute approximate surface area is 118 Å². The first-order chi connectivity index (χ1) is 8.25. The summed E-state index contributed by atoms with van der Waals surface area (Å²) < 4.78 is 5.21. The molecule has 2 heteroatoms. The summed E-state index contributed by atoms with van der Waals surface area (Å²) in [7, 11) is 0. The zero-order valence-corrected chi connectivity index (χ0v) is 13.3. The van der Waals surface area contributed by atoms with Gasteiger partial charge in [0.05, 0.1) is 0 Å². The van der Waals surface area contributed by atoms with Crippen LogP contribution in [0.3, 0.4) is 0 Å². The minimum absolute atomic E-state index is 0.168. The van der Waals surface area contributed by atoms with E-state index in [2.05, 4.69) is 66.6 Å². The van der Waals surface area contributed by atoms with E-state index in [1.807, 2.05) is 6.07 Å². The third-order valence-electron chi connectivity index (χ3n) is 3.33. The number of hydrogen-bond acceptors (Lipinski definition) is 2. The van der Waals surface area contributed by atoms with Gasteiger partial charge in [0.2, 0.25) is 0 Å². The van der Waals surface area contributed by atoms with Crippen molar-refractivity contribution in [3.8, 4) is 5.75 Å². The van der Waals surface area contributed by atoms with Gasteiger partial charge in [-0.25, -0.2) is 0 Å². The fourth-order valence-electron chi connectivity index (χ4n) is 2.32. The molecule has 0 saturated carbocycles. The van der Waals surface area contributed by atoms with E-state index in [0.717, 1.165) is 12.2 Å². The number of thiol groups is 1. The lowest BCUT2D eigenvalue weighted by molar-refractivity contribution is 0.509. The van der Waals surface area contributed by atoms with Crippen molar-refractivity contribution in [3.63, 3.8) is 0 Å². The van der Waals surface area contributed by atoms with Crippen LogP contribution in [0.15, 0.2) is 18.2 Å². The molecule has 0 amide bonds. The van der Waals surface area contributed by atoms with Gasteiger partial charge < -0.3 is 4.18 Å². The maximum Gasteiger partial charge on any atom is 0.140 e. The third kappa shape index (κ3) is 3.94. The van der Waals surface area contributed by atoms with Gasteiger partial charge in [0.15, 0.2) is 0 Å². The molecule has 0 aliphatic carbocycles. The molecule has 0 aromatic heterocycles. The second kappa shape index (κ2) is 6.01. The van der Waals surface area contributed by atoms with Crippen molar-refractivity contribution in [2.75, 3.05) is 0 Å².